The van der Waals surface area contributed by atoms with E-state index in [4.69, 9.17) is 0 Å². The molecule has 0 saturated carbocycles. The largest absolute Gasteiger partial charge is 0.336 e. The van der Waals surface area contributed by atoms with Crippen molar-refractivity contribution in [3.63, 3.8) is 0 Å². The van der Waals surface area contributed by atoms with Crippen LogP contribution in [-0.4, -0.2) is 69.3 Å². The number of nitrogens with one attached hydrogen (secondary N) is 1. The molecule has 1 aliphatic rings. The first kappa shape index (κ1) is 22.7. The molecule has 0 spiro atoms. The van der Waals surface area contributed by atoms with Crippen LogP contribution in [0, 0.1) is 20.8 Å². The van der Waals surface area contributed by atoms with Gasteiger partial charge >= 0.3 is 0 Å². The van der Waals surface area contributed by atoms with Gasteiger partial charge in [0.05, 0.1) is 17.9 Å². The van der Waals surface area contributed by atoms with Gasteiger partial charge in [-0.15, -0.1) is 5.10 Å². The summed E-state index contributed by atoms with van der Waals surface area (Å²) in [6, 6.07) is 15.5. The normalized spacial score (nSPS) is 14.7. The Morgan fingerprint density at radius 1 is 0.879 bits per heavy atom. The van der Waals surface area contributed by atoms with Crippen molar-refractivity contribution in [2.45, 2.75) is 27.2 Å². The number of benzene rings is 2. The van der Waals surface area contributed by atoms with Crippen LogP contribution in [0.1, 0.15) is 33.7 Å². The van der Waals surface area contributed by atoms with Crippen molar-refractivity contribution in [3.05, 3.63) is 71.0 Å². The Labute approximate surface area is 194 Å². The minimum atomic E-state index is -0.114. The lowest BCUT2D eigenvalue weighted by atomic mass is 10.1. The molecule has 33 heavy (non-hydrogen) atoms. The van der Waals surface area contributed by atoms with Gasteiger partial charge < -0.3 is 10.2 Å². The second-order valence-corrected chi connectivity index (χ2v) is 8.50. The number of amides is 2. The number of rotatable bonds is 5. The molecule has 0 unspecified atom stereocenters. The van der Waals surface area contributed by atoms with Gasteiger partial charge in [-0.1, -0.05) is 36.4 Å². The molecular weight excluding hydrogens is 416 g/mol. The van der Waals surface area contributed by atoms with Gasteiger partial charge in [0.15, 0.2) is 5.69 Å². The molecular formula is C25H30N6O2. The van der Waals surface area contributed by atoms with Gasteiger partial charge in [0.25, 0.3) is 5.91 Å². The van der Waals surface area contributed by atoms with E-state index < -0.39 is 0 Å². The minimum absolute atomic E-state index is 0.0335. The molecule has 172 valence electrons. The third kappa shape index (κ3) is 5.28. The number of aryl methyl sites for hydroxylation is 3. The van der Waals surface area contributed by atoms with Gasteiger partial charge in [-0.3, -0.25) is 14.5 Å². The summed E-state index contributed by atoms with van der Waals surface area (Å²) in [5.41, 5.74) is 4.78. The predicted molar refractivity (Wildman–Crippen MR) is 128 cm³/mol. The quantitative estimate of drug-likeness (QED) is 0.652. The maximum Gasteiger partial charge on any atom is 0.276 e. The van der Waals surface area contributed by atoms with E-state index in [2.05, 4.69) is 20.4 Å². The molecule has 8 heteroatoms. The highest BCUT2D eigenvalue weighted by Crippen LogP contribution is 2.19. The molecule has 1 aliphatic heterocycles. The number of hydrogen-bond donors (Lipinski definition) is 1. The van der Waals surface area contributed by atoms with Crippen LogP contribution in [0.15, 0.2) is 48.5 Å². The Morgan fingerprint density at radius 2 is 1.61 bits per heavy atom. The zero-order chi connectivity index (χ0) is 23.4. The first-order chi connectivity index (χ1) is 15.9. The number of nitrogens with zero attached hydrogens (tertiary/aromatic N) is 5. The number of carbonyl (C=O) groups excluding carboxylic acids is 2. The molecule has 2 amide bonds. The van der Waals surface area contributed by atoms with Crippen molar-refractivity contribution < 1.29 is 9.59 Å². The van der Waals surface area contributed by atoms with Gasteiger partial charge in [-0.25, -0.2) is 0 Å². The van der Waals surface area contributed by atoms with E-state index in [0.717, 1.165) is 35.5 Å². The molecule has 1 aromatic heterocycles. The van der Waals surface area contributed by atoms with Crippen LogP contribution in [-0.2, 0) is 4.79 Å². The Balaban J connectivity index is 1.37. The van der Waals surface area contributed by atoms with Crippen LogP contribution in [0.2, 0.25) is 0 Å². The minimum Gasteiger partial charge on any atom is -0.336 e. The van der Waals surface area contributed by atoms with Crippen LogP contribution >= 0.6 is 0 Å². The predicted octanol–water partition coefficient (Wildman–Crippen LogP) is 2.98. The average molecular weight is 447 g/mol. The molecule has 1 fully saturated rings. The van der Waals surface area contributed by atoms with E-state index >= 15 is 0 Å². The van der Waals surface area contributed by atoms with Gasteiger partial charge in [-0.2, -0.15) is 9.90 Å². The van der Waals surface area contributed by atoms with Crippen molar-refractivity contribution >= 4 is 17.5 Å². The fraction of sp³-hybridized carbons (Fsp3) is 0.360. The Bertz CT molecular complexity index is 1120. The second-order valence-electron chi connectivity index (χ2n) is 8.50. The molecule has 0 radical (unpaired) electrons. The molecule has 2 heterocycles. The van der Waals surface area contributed by atoms with Crippen molar-refractivity contribution in [1.82, 2.24) is 24.8 Å². The molecule has 0 bridgehead atoms. The molecule has 4 rings (SSSR count). The SMILES string of the molecule is Cc1cccc(C)c1NC(=O)CN1CCCN(C(=O)c2nn(-c3ccccc3)nc2C)CC1. The van der Waals surface area contributed by atoms with Crippen molar-refractivity contribution in [2.24, 2.45) is 0 Å². The summed E-state index contributed by atoms with van der Waals surface area (Å²) in [5.74, 6) is -0.148. The van der Waals surface area contributed by atoms with Crippen molar-refractivity contribution in [3.8, 4) is 5.69 Å². The number of carbonyl (C=O) groups is 2. The summed E-state index contributed by atoms with van der Waals surface area (Å²) in [6.45, 7) is 8.68. The molecule has 0 atom stereocenters. The second kappa shape index (κ2) is 9.95. The van der Waals surface area contributed by atoms with Crippen LogP contribution in [0.4, 0.5) is 5.69 Å². The highest BCUT2D eigenvalue weighted by Gasteiger charge is 2.25. The molecule has 1 saturated heterocycles. The smallest absolute Gasteiger partial charge is 0.276 e. The van der Waals surface area contributed by atoms with E-state index in [1.165, 1.54) is 4.80 Å². The number of anilines is 1. The molecule has 0 aliphatic carbocycles. The average Bonchev–Trinajstić information content (AvgIpc) is 3.04. The van der Waals surface area contributed by atoms with Crippen molar-refractivity contribution in [1.29, 1.82) is 0 Å². The van der Waals surface area contributed by atoms with Gasteiger partial charge in [0.2, 0.25) is 5.91 Å². The molecule has 2 aromatic carbocycles. The fourth-order valence-corrected chi connectivity index (χ4v) is 4.13. The first-order valence-electron chi connectivity index (χ1n) is 11.3. The number of aromatic nitrogens is 3. The van der Waals surface area contributed by atoms with Gasteiger partial charge in [0, 0.05) is 31.9 Å². The Morgan fingerprint density at radius 3 is 2.33 bits per heavy atom. The topological polar surface area (TPSA) is 83.4 Å². The standard InChI is InChI=1S/C25H30N6O2/c1-18-9-7-10-19(2)23(18)26-22(32)17-29-13-8-14-30(16-15-29)25(33)24-20(3)27-31(28-24)21-11-5-4-6-12-21/h4-7,9-12H,8,13-17H2,1-3H3,(H,26,32). The van der Waals surface area contributed by atoms with E-state index in [0.29, 0.717) is 37.6 Å². The summed E-state index contributed by atoms with van der Waals surface area (Å²) >= 11 is 0. The molecule has 8 nitrogen and oxygen atoms in total. The molecule has 3 aromatic rings. The van der Waals surface area contributed by atoms with Crippen LogP contribution in [0.5, 0.6) is 0 Å². The highest BCUT2D eigenvalue weighted by atomic mass is 16.2. The summed E-state index contributed by atoms with van der Waals surface area (Å²) in [6.07, 6.45) is 0.800. The third-order valence-electron chi connectivity index (χ3n) is 5.96. The lowest BCUT2D eigenvalue weighted by Crippen LogP contribution is -2.38. The maximum atomic E-state index is 13.2. The lowest BCUT2D eigenvalue weighted by Gasteiger charge is -2.21. The Kier molecular flexibility index (Phi) is 6.84. The highest BCUT2D eigenvalue weighted by molar-refractivity contribution is 5.94. The van der Waals surface area contributed by atoms with E-state index in [-0.39, 0.29) is 11.8 Å². The summed E-state index contributed by atoms with van der Waals surface area (Å²) in [4.78, 5) is 31.3. The van der Waals surface area contributed by atoms with E-state index in [1.54, 1.807) is 0 Å². The summed E-state index contributed by atoms with van der Waals surface area (Å²) in [7, 11) is 0. The van der Waals surface area contributed by atoms with E-state index in [9.17, 15) is 9.59 Å². The maximum absolute atomic E-state index is 13.2. The Hall–Kier alpha value is -3.52. The first-order valence-corrected chi connectivity index (χ1v) is 11.3. The third-order valence-corrected chi connectivity index (χ3v) is 5.96. The number of hydrogen-bond acceptors (Lipinski definition) is 5. The summed E-state index contributed by atoms with van der Waals surface area (Å²) in [5, 5.41) is 11.9. The lowest BCUT2D eigenvalue weighted by molar-refractivity contribution is -0.117. The number of para-hydroxylation sites is 2. The van der Waals surface area contributed by atoms with Crippen LogP contribution < -0.4 is 5.32 Å². The monoisotopic (exact) mass is 446 g/mol. The zero-order valence-electron chi connectivity index (χ0n) is 19.4. The van der Waals surface area contributed by atoms with Crippen LogP contribution in [0.3, 0.4) is 0 Å². The fourth-order valence-electron chi connectivity index (χ4n) is 4.13. The zero-order valence-corrected chi connectivity index (χ0v) is 19.4. The van der Waals surface area contributed by atoms with Crippen molar-refractivity contribution in [2.75, 3.05) is 38.0 Å². The summed E-state index contributed by atoms with van der Waals surface area (Å²) < 4.78 is 0. The van der Waals surface area contributed by atoms with Gasteiger partial charge in [-0.05, 0) is 50.5 Å². The van der Waals surface area contributed by atoms with E-state index in [1.807, 2.05) is 74.2 Å². The molecule has 1 N–H and O–H groups in total. The van der Waals surface area contributed by atoms with Gasteiger partial charge in [0.1, 0.15) is 0 Å². The van der Waals surface area contributed by atoms with Crippen LogP contribution in [0.25, 0.3) is 5.69 Å².